The Morgan fingerprint density at radius 1 is 1.50 bits per heavy atom. The van der Waals surface area contributed by atoms with Crippen LogP contribution in [-0.4, -0.2) is 31.7 Å². The van der Waals surface area contributed by atoms with Gasteiger partial charge in [0.1, 0.15) is 4.21 Å². The fraction of sp³-hybridized carbons (Fsp3) is 0.222. The summed E-state index contributed by atoms with van der Waals surface area (Å²) in [7, 11) is -3.50. The van der Waals surface area contributed by atoms with Crippen molar-refractivity contribution < 1.29 is 13.5 Å². The summed E-state index contributed by atoms with van der Waals surface area (Å²) < 4.78 is 26.8. The number of pyridine rings is 1. The van der Waals surface area contributed by atoms with Crippen LogP contribution in [0, 0.1) is 0 Å². The van der Waals surface area contributed by atoms with Crippen LogP contribution in [0.2, 0.25) is 0 Å². The summed E-state index contributed by atoms with van der Waals surface area (Å²) >= 11 is 1.16. The lowest BCUT2D eigenvalue weighted by molar-refractivity contribution is 0.301. The molecule has 0 spiro atoms. The minimum Gasteiger partial charge on any atom is -0.395 e. The van der Waals surface area contributed by atoms with Gasteiger partial charge in [0, 0.05) is 18.9 Å². The minimum atomic E-state index is -3.50. The van der Waals surface area contributed by atoms with Crippen LogP contribution in [0.4, 0.5) is 0 Å². The number of fused-ring (bicyclic) bond motifs is 1. The molecule has 2 heterocycles. The first kappa shape index (κ1) is 11.5. The maximum absolute atomic E-state index is 11.7. The van der Waals surface area contributed by atoms with Crippen molar-refractivity contribution in [3.05, 3.63) is 24.5 Å². The normalized spacial score (nSPS) is 12.1. The molecule has 0 aliphatic rings. The number of hydrogen-bond donors (Lipinski definition) is 2. The molecule has 0 bridgehead atoms. The van der Waals surface area contributed by atoms with Crippen LogP contribution in [0.15, 0.2) is 28.7 Å². The van der Waals surface area contributed by atoms with Crippen LogP contribution >= 0.6 is 11.3 Å². The van der Waals surface area contributed by atoms with Crippen LogP contribution in [0.3, 0.4) is 0 Å². The van der Waals surface area contributed by atoms with Crippen molar-refractivity contribution in [2.24, 2.45) is 0 Å². The molecule has 0 unspecified atom stereocenters. The van der Waals surface area contributed by atoms with Crippen molar-refractivity contribution in [1.29, 1.82) is 0 Å². The quantitative estimate of drug-likeness (QED) is 0.840. The van der Waals surface area contributed by atoms with E-state index in [1.54, 1.807) is 24.5 Å². The summed E-state index contributed by atoms with van der Waals surface area (Å²) in [5.74, 6) is 0. The zero-order valence-corrected chi connectivity index (χ0v) is 9.88. The Kier molecular flexibility index (Phi) is 3.20. The molecule has 0 radical (unpaired) electrons. The van der Waals surface area contributed by atoms with Crippen LogP contribution in [0.5, 0.6) is 0 Å². The van der Waals surface area contributed by atoms with Gasteiger partial charge in [0.05, 0.1) is 11.3 Å². The summed E-state index contributed by atoms with van der Waals surface area (Å²) in [6, 6.07) is 3.36. The number of hydrogen-bond acceptors (Lipinski definition) is 5. The van der Waals surface area contributed by atoms with Crippen LogP contribution < -0.4 is 4.72 Å². The van der Waals surface area contributed by atoms with Gasteiger partial charge in [0.25, 0.3) is 0 Å². The van der Waals surface area contributed by atoms with Gasteiger partial charge in [0.15, 0.2) is 0 Å². The third-order valence-electron chi connectivity index (χ3n) is 1.97. The first-order valence-corrected chi connectivity index (χ1v) is 6.87. The highest BCUT2D eigenvalue weighted by molar-refractivity contribution is 7.91. The van der Waals surface area contributed by atoms with E-state index in [9.17, 15) is 8.42 Å². The van der Waals surface area contributed by atoms with Crippen molar-refractivity contribution in [1.82, 2.24) is 9.71 Å². The number of rotatable bonds is 4. The van der Waals surface area contributed by atoms with Crippen LogP contribution in [-0.2, 0) is 10.0 Å². The molecule has 5 nitrogen and oxygen atoms in total. The monoisotopic (exact) mass is 258 g/mol. The third-order valence-corrected chi connectivity index (χ3v) is 4.99. The van der Waals surface area contributed by atoms with E-state index in [2.05, 4.69) is 9.71 Å². The lowest BCUT2D eigenvalue weighted by Crippen LogP contribution is -2.25. The van der Waals surface area contributed by atoms with E-state index >= 15 is 0 Å². The molecular weight excluding hydrogens is 248 g/mol. The van der Waals surface area contributed by atoms with Gasteiger partial charge >= 0.3 is 0 Å². The van der Waals surface area contributed by atoms with Gasteiger partial charge in [-0.2, -0.15) is 0 Å². The molecule has 0 aromatic carbocycles. The van der Waals surface area contributed by atoms with Crippen LogP contribution in [0.25, 0.3) is 10.1 Å². The number of sulfonamides is 1. The second-order valence-electron chi connectivity index (χ2n) is 3.10. The summed E-state index contributed by atoms with van der Waals surface area (Å²) in [6.07, 6.45) is 3.25. The van der Waals surface area contributed by atoms with Crippen molar-refractivity contribution >= 4 is 31.4 Å². The lowest BCUT2D eigenvalue weighted by Gasteiger charge is -2.00. The molecule has 0 saturated heterocycles. The van der Waals surface area contributed by atoms with E-state index in [0.717, 1.165) is 21.4 Å². The molecule has 16 heavy (non-hydrogen) atoms. The number of nitrogens with one attached hydrogen (secondary N) is 1. The molecule has 0 aliphatic heterocycles. The van der Waals surface area contributed by atoms with Gasteiger partial charge < -0.3 is 5.11 Å². The van der Waals surface area contributed by atoms with Crippen molar-refractivity contribution in [2.75, 3.05) is 13.2 Å². The van der Waals surface area contributed by atoms with Crippen LogP contribution in [0.1, 0.15) is 0 Å². The maximum Gasteiger partial charge on any atom is 0.250 e. The van der Waals surface area contributed by atoms with Gasteiger partial charge in [0.2, 0.25) is 10.0 Å². The highest BCUT2D eigenvalue weighted by atomic mass is 32.2. The molecule has 0 amide bonds. The number of aromatic nitrogens is 1. The first-order chi connectivity index (χ1) is 7.63. The Hall–Kier alpha value is -1.02. The topological polar surface area (TPSA) is 79.3 Å². The summed E-state index contributed by atoms with van der Waals surface area (Å²) in [4.78, 5) is 3.93. The lowest BCUT2D eigenvalue weighted by atomic mass is 10.3. The van der Waals surface area contributed by atoms with E-state index in [1.807, 2.05) is 0 Å². The molecule has 2 aromatic rings. The smallest absolute Gasteiger partial charge is 0.250 e. The third kappa shape index (κ3) is 2.22. The molecule has 0 aliphatic carbocycles. The van der Waals surface area contributed by atoms with E-state index in [-0.39, 0.29) is 17.4 Å². The highest BCUT2D eigenvalue weighted by Crippen LogP contribution is 2.27. The van der Waals surface area contributed by atoms with Gasteiger partial charge in [-0.25, -0.2) is 13.1 Å². The zero-order valence-electron chi connectivity index (χ0n) is 8.25. The number of nitrogens with zero attached hydrogens (tertiary/aromatic N) is 1. The Morgan fingerprint density at radius 3 is 3.00 bits per heavy atom. The average Bonchev–Trinajstić information content (AvgIpc) is 2.71. The molecular formula is C9H10N2O3S2. The van der Waals surface area contributed by atoms with E-state index < -0.39 is 10.0 Å². The predicted molar refractivity (Wildman–Crippen MR) is 61.9 cm³/mol. The van der Waals surface area contributed by atoms with Gasteiger partial charge in [-0.1, -0.05) is 0 Å². The maximum atomic E-state index is 11.7. The van der Waals surface area contributed by atoms with Crippen molar-refractivity contribution in [3.63, 3.8) is 0 Å². The summed E-state index contributed by atoms with van der Waals surface area (Å²) in [5.41, 5.74) is 0. The molecule has 7 heteroatoms. The fourth-order valence-electron chi connectivity index (χ4n) is 1.24. The molecule has 2 N–H and O–H groups in total. The van der Waals surface area contributed by atoms with E-state index in [1.165, 1.54) is 0 Å². The number of aliphatic hydroxyl groups excluding tert-OH is 1. The molecule has 2 aromatic heterocycles. The molecule has 0 fully saturated rings. The Labute approximate surface area is 96.8 Å². The van der Waals surface area contributed by atoms with Gasteiger partial charge in [-0.3, -0.25) is 4.98 Å². The Bertz CT molecular complexity index is 559. The zero-order chi connectivity index (χ0) is 11.6. The molecule has 0 saturated carbocycles. The van der Waals surface area contributed by atoms with Crippen molar-refractivity contribution in [3.8, 4) is 0 Å². The number of aliphatic hydroxyl groups is 1. The summed E-state index contributed by atoms with van der Waals surface area (Å²) in [6.45, 7) is -0.194. The van der Waals surface area contributed by atoms with Gasteiger partial charge in [-0.05, 0) is 17.5 Å². The van der Waals surface area contributed by atoms with Gasteiger partial charge in [-0.15, -0.1) is 11.3 Å². The molecule has 2 rings (SSSR count). The standard InChI is InChI=1S/C9H10N2O3S2/c12-4-3-11-16(13,14)9-5-7-1-2-10-6-8(7)15-9/h1-2,5-6,11-12H,3-4H2. The Morgan fingerprint density at radius 2 is 2.31 bits per heavy atom. The van der Waals surface area contributed by atoms with Crippen molar-refractivity contribution in [2.45, 2.75) is 4.21 Å². The summed E-state index contributed by atoms with van der Waals surface area (Å²) in [5, 5.41) is 9.43. The Balaban J connectivity index is 2.40. The van der Waals surface area contributed by atoms with E-state index in [4.69, 9.17) is 5.11 Å². The second-order valence-corrected chi connectivity index (χ2v) is 6.18. The molecule has 86 valence electrons. The second kappa shape index (κ2) is 4.46. The largest absolute Gasteiger partial charge is 0.395 e. The predicted octanol–water partition coefficient (Wildman–Crippen LogP) is 0.567. The fourth-order valence-corrected chi connectivity index (χ4v) is 3.67. The highest BCUT2D eigenvalue weighted by Gasteiger charge is 2.16. The first-order valence-electron chi connectivity index (χ1n) is 4.57. The van der Waals surface area contributed by atoms with E-state index in [0.29, 0.717) is 0 Å². The minimum absolute atomic E-state index is 0.0226. The number of thiophene rings is 1. The SMILES string of the molecule is O=S(=O)(NCCO)c1cc2ccncc2s1. The molecule has 0 atom stereocenters. The average molecular weight is 258 g/mol.